The van der Waals surface area contributed by atoms with Crippen molar-refractivity contribution in [3.8, 4) is 17.4 Å². The van der Waals surface area contributed by atoms with Crippen LogP contribution in [0.5, 0.6) is 0 Å². The minimum Gasteiger partial charge on any atom is -0.461 e. The SMILES string of the molecule is CC(Cc1ccc(-c2ccc(C#N)c(C(F)(F)F)c2)o1)NC(=O)c1cc(C(C)(C)C)[nH]n1. The van der Waals surface area contributed by atoms with E-state index in [9.17, 15) is 18.0 Å². The first-order valence-corrected chi connectivity index (χ1v) is 9.95. The lowest BCUT2D eigenvalue weighted by Gasteiger charge is -2.14. The molecule has 3 rings (SSSR count). The highest BCUT2D eigenvalue weighted by Crippen LogP contribution is 2.35. The third-order valence-electron chi connectivity index (χ3n) is 4.89. The quantitative estimate of drug-likeness (QED) is 0.564. The van der Waals surface area contributed by atoms with E-state index in [4.69, 9.17) is 9.68 Å². The average Bonchev–Trinajstić information content (AvgIpc) is 3.36. The van der Waals surface area contributed by atoms with Crippen LogP contribution in [-0.4, -0.2) is 22.1 Å². The number of amides is 1. The van der Waals surface area contributed by atoms with Crippen molar-refractivity contribution in [3.63, 3.8) is 0 Å². The molecule has 0 radical (unpaired) electrons. The predicted molar refractivity (Wildman–Crippen MR) is 112 cm³/mol. The average molecular weight is 444 g/mol. The van der Waals surface area contributed by atoms with Crippen LogP contribution in [0.25, 0.3) is 11.3 Å². The molecule has 168 valence electrons. The van der Waals surface area contributed by atoms with E-state index in [0.717, 1.165) is 17.8 Å². The molecule has 2 heterocycles. The molecular formula is C23H23F3N4O2. The molecule has 0 aliphatic heterocycles. The van der Waals surface area contributed by atoms with Crippen molar-refractivity contribution in [3.05, 3.63) is 64.7 Å². The molecule has 0 aliphatic carbocycles. The Bertz CT molecular complexity index is 1160. The number of nitrogens with one attached hydrogen (secondary N) is 2. The number of aromatic nitrogens is 2. The standard InChI is InChI=1S/C23H23F3N4O2/c1-13(28-21(31)18-11-20(30-29-18)22(2,3)4)9-16-7-8-19(32-16)14-5-6-15(12-27)17(10-14)23(24,25)26/h5-8,10-11,13H,9H2,1-4H3,(H,28,31)(H,29,30). The Morgan fingerprint density at radius 1 is 1.22 bits per heavy atom. The maximum Gasteiger partial charge on any atom is 0.417 e. The summed E-state index contributed by atoms with van der Waals surface area (Å²) >= 11 is 0. The van der Waals surface area contributed by atoms with Gasteiger partial charge in [0.25, 0.3) is 5.91 Å². The van der Waals surface area contributed by atoms with E-state index in [-0.39, 0.29) is 34.4 Å². The number of halogens is 3. The zero-order valence-corrected chi connectivity index (χ0v) is 18.1. The summed E-state index contributed by atoms with van der Waals surface area (Å²) in [4.78, 5) is 12.4. The van der Waals surface area contributed by atoms with Crippen LogP contribution in [0.4, 0.5) is 13.2 Å². The van der Waals surface area contributed by atoms with E-state index in [1.807, 2.05) is 20.8 Å². The van der Waals surface area contributed by atoms with E-state index in [1.54, 1.807) is 31.2 Å². The summed E-state index contributed by atoms with van der Waals surface area (Å²) < 4.78 is 45.3. The van der Waals surface area contributed by atoms with Crippen LogP contribution in [0.1, 0.15) is 60.8 Å². The molecule has 6 nitrogen and oxygen atoms in total. The maximum absolute atomic E-state index is 13.2. The van der Waals surface area contributed by atoms with Crippen molar-refractivity contribution >= 4 is 5.91 Å². The molecule has 0 saturated heterocycles. The predicted octanol–water partition coefficient (Wildman–Crippen LogP) is 5.22. The number of benzene rings is 1. The second-order valence-electron chi connectivity index (χ2n) is 8.63. The smallest absolute Gasteiger partial charge is 0.417 e. The van der Waals surface area contributed by atoms with Crippen LogP contribution in [0, 0.1) is 11.3 Å². The maximum atomic E-state index is 13.2. The lowest BCUT2D eigenvalue weighted by atomic mass is 9.92. The second-order valence-corrected chi connectivity index (χ2v) is 8.63. The van der Waals surface area contributed by atoms with E-state index < -0.39 is 17.3 Å². The van der Waals surface area contributed by atoms with Gasteiger partial charge in [-0.15, -0.1) is 0 Å². The fourth-order valence-corrected chi connectivity index (χ4v) is 3.15. The number of aromatic amines is 1. The number of rotatable bonds is 5. The van der Waals surface area contributed by atoms with Crippen LogP contribution in [0.2, 0.25) is 0 Å². The van der Waals surface area contributed by atoms with Crippen molar-refractivity contribution in [1.82, 2.24) is 15.5 Å². The van der Waals surface area contributed by atoms with Gasteiger partial charge in [0.05, 0.1) is 17.2 Å². The molecule has 3 aromatic rings. The molecule has 0 fully saturated rings. The number of hydrogen-bond acceptors (Lipinski definition) is 4. The molecule has 0 aliphatic rings. The van der Waals surface area contributed by atoms with Gasteiger partial charge < -0.3 is 9.73 Å². The van der Waals surface area contributed by atoms with Crippen LogP contribution < -0.4 is 5.32 Å². The van der Waals surface area contributed by atoms with Gasteiger partial charge in [0, 0.05) is 29.1 Å². The molecule has 1 atom stereocenters. The lowest BCUT2D eigenvalue weighted by molar-refractivity contribution is -0.137. The monoisotopic (exact) mass is 444 g/mol. The zero-order chi connectivity index (χ0) is 23.7. The summed E-state index contributed by atoms with van der Waals surface area (Å²) in [6.45, 7) is 7.81. The number of nitrogens with zero attached hydrogens (tertiary/aromatic N) is 2. The summed E-state index contributed by atoms with van der Waals surface area (Å²) in [6, 6.07) is 9.60. The Hall–Kier alpha value is -3.54. The number of hydrogen-bond donors (Lipinski definition) is 2. The zero-order valence-electron chi connectivity index (χ0n) is 18.1. The fraction of sp³-hybridized carbons (Fsp3) is 0.348. The molecule has 32 heavy (non-hydrogen) atoms. The van der Waals surface area contributed by atoms with Gasteiger partial charge in [-0.25, -0.2) is 0 Å². The Balaban J connectivity index is 1.69. The number of furan rings is 1. The minimum atomic E-state index is -4.64. The molecule has 0 spiro atoms. The van der Waals surface area contributed by atoms with Gasteiger partial charge in [-0.3, -0.25) is 9.89 Å². The summed E-state index contributed by atoms with van der Waals surface area (Å²) in [7, 11) is 0. The highest BCUT2D eigenvalue weighted by Gasteiger charge is 2.34. The van der Waals surface area contributed by atoms with Crippen LogP contribution in [0.15, 0.2) is 40.8 Å². The molecule has 2 aromatic heterocycles. The van der Waals surface area contributed by atoms with Crippen LogP contribution in [-0.2, 0) is 18.0 Å². The minimum absolute atomic E-state index is 0.168. The first-order valence-electron chi connectivity index (χ1n) is 9.95. The van der Waals surface area contributed by atoms with Crippen molar-refractivity contribution in [2.24, 2.45) is 0 Å². The van der Waals surface area contributed by atoms with Gasteiger partial charge in [-0.05, 0) is 43.3 Å². The summed E-state index contributed by atoms with van der Waals surface area (Å²) in [5, 5.41) is 18.7. The van der Waals surface area contributed by atoms with Gasteiger partial charge in [-0.1, -0.05) is 20.8 Å². The van der Waals surface area contributed by atoms with E-state index in [1.165, 1.54) is 6.07 Å². The molecular weight excluding hydrogens is 421 g/mol. The molecule has 1 unspecified atom stereocenters. The summed E-state index contributed by atoms with van der Waals surface area (Å²) in [6.07, 6.45) is -4.31. The molecule has 2 N–H and O–H groups in total. The number of alkyl halides is 3. The molecule has 0 saturated carbocycles. The Morgan fingerprint density at radius 3 is 2.53 bits per heavy atom. The normalized spacial score (nSPS) is 12.9. The number of nitriles is 1. The Kier molecular flexibility index (Phi) is 6.17. The highest BCUT2D eigenvalue weighted by atomic mass is 19.4. The Morgan fingerprint density at radius 2 is 1.94 bits per heavy atom. The van der Waals surface area contributed by atoms with Crippen molar-refractivity contribution in [2.45, 2.75) is 51.7 Å². The van der Waals surface area contributed by atoms with Gasteiger partial charge in [0.1, 0.15) is 17.2 Å². The van der Waals surface area contributed by atoms with Crippen LogP contribution in [0.3, 0.4) is 0 Å². The Labute approximate surface area is 183 Å². The van der Waals surface area contributed by atoms with Crippen LogP contribution >= 0.6 is 0 Å². The van der Waals surface area contributed by atoms with E-state index in [2.05, 4.69) is 15.5 Å². The molecule has 9 heteroatoms. The number of carbonyl (C=O) groups is 1. The molecule has 0 bridgehead atoms. The van der Waals surface area contributed by atoms with Crippen molar-refractivity contribution < 1.29 is 22.4 Å². The first-order chi connectivity index (χ1) is 14.9. The van der Waals surface area contributed by atoms with Gasteiger partial charge in [0.2, 0.25) is 0 Å². The third-order valence-corrected chi connectivity index (χ3v) is 4.89. The van der Waals surface area contributed by atoms with E-state index in [0.29, 0.717) is 12.2 Å². The first kappa shape index (κ1) is 23.1. The van der Waals surface area contributed by atoms with Gasteiger partial charge in [-0.2, -0.15) is 23.5 Å². The largest absolute Gasteiger partial charge is 0.461 e. The van der Waals surface area contributed by atoms with Gasteiger partial charge in [0.15, 0.2) is 0 Å². The summed E-state index contributed by atoms with van der Waals surface area (Å²) in [5.74, 6) is 0.414. The fourth-order valence-electron chi connectivity index (χ4n) is 3.15. The number of H-pyrrole nitrogens is 1. The number of carbonyl (C=O) groups excluding carboxylic acids is 1. The lowest BCUT2D eigenvalue weighted by Crippen LogP contribution is -2.34. The molecule has 1 amide bonds. The summed E-state index contributed by atoms with van der Waals surface area (Å²) in [5.41, 5.74) is -0.294. The molecule has 1 aromatic carbocycles. The third kappa shape index (κ3) is 5.19. The highest BCUT2D eigenvalue weighted by molar-refractivity contribution is 5.92. The van der Waals surface area contributed by atoms with Crippen molar-refractivity contribution in [1.29, 1.82) is 5.26 Å². The van der Waals surface area contributed by atoms with Gasteiger partial charge >= 0.3 is 6.18 Å². The van der Waals surface area contributed by atoms with Crippen molar-refractivity contribution in [2.75, 3.05) is 0 Å². The topological polar surface area (TPSA) is 94.7 Å². The second kappa shape index (κ2) is 8.54. The van der Waals surface area contributed by atoms with E-state index >= 15 is 0 Å².